The van der Waals surface area contributed by atoms with Crippen LogP contribution in [0.2, 0.25) is 0 Å². The Bertz CT molecular complexity index is 447. The van der Waals surface area contributed by atoms with Crippen LogP contribution in [0.3, 0.4) is 0 Å². The first-order chi connectivity index (χ1) is 12.6. The molecule has 0 amide bonds. The van der Waals surface area contributed by atoms with Gasteiger partial charge in [0.05, 0.1) is 11.5 Å². The van der Waals surface area contributed by atoms with E-state index in [4.69, 9.17) is 0 Å². The zero-order valence-electron chi connectivity index (χ0n) is 17.6. The number of hydrogen-bond donors (Lipinski definition) is 0. The molecular formula is C25H43N. The van der Waals surface area contributed by atoms with Crippen molar-refractivity contribution in [3.63, 3.8) is 0 Å². The van der Waals surface area contributed by atoms with Crippen molar-refractivity contribution in [1.82, 2.24) is 0 Å². The van der Waals surface area contributed by atoms with Gasteiger partial charge in [-0.05, 0) is 87.9 Å². The summed E-state index contributed by atoms with van der Waals surface area (Å²) < 4.78 is 0. The monoisotopic (exact) mass is 357 g/mol. The van der Waals surface area contributed by atoms with E-state index < -0.39 is 0 Å². The van der Waals surface area contributed by atoms with Crippen LogP contribution in [-0.4, -0.2) is 0 Å². The highest BCUT2D eigenvalue weighted by Gasteiger charge is 2.38. The average molecular weight is 358 g/mol. The first kappa shape index (κ1) is 20.2. The van der Waals surface area contributed by atoms with Crippen LogP contribution in [0.5, 0.6) is 0 Å². The third kappa shape index (κ3) is 5.27. The highest BCUT2D eigenvalue weighted by Crippen LogP contribution is 2.48. The maximum Gasteiger partial charge on any atom is 0.0686 e. The van der Waals surface area contributed by atoms with Crippen molar-refractivity contribution in [2.75, 3.05) is 0 Å². The van der Waals surface area contributed by atoms with E-state index in [1.54, 1.807) is 0 Å². The molecule has 0 aromatic rings. The molecule has 26 heavy (non-hydrogen) atoms. The largest absolute Gasteiger partial charge is 0.198 e. The molecule has 3 aliphatic rings. The number of nitrogens with zero attached hydrogens (tertiary/aromatic N) is 1. The van der Waals surface area contributed by atoms with Crippen LogP contribution in [0.25, 0.3) is 0 Å². The average Bonchev–Trinajstić information content (AvgIpc) is 2.69. The van der Waals surface area contributed by atoms with Gasteiger partial charge < -0.3 is 0 Å². The number of unbranched alkanes of at least 4 members (excludes halogenated alkanes) is 2. The van der Waals surface area contributed by atoms with Crippen LogP contribution in [-0.2, 0) is 0 Å². The summed E-state index contributed by atoms with van der Waals surface area (Å²) in [7, 11) is 0. The van der Waals surface area contributed by atoms with Gasteiger partial charge in [0.25, 0.3) is 0 Å². The molecule has 3 rings (SSSR count). The van der Waals surface area contributed by atoms with Gasteiger partial charge in [-0.1, -0.05) is 58.3 Å². The highest BCUT2D eigenvalue weighted by molar-refractivity contribution is 5.00. The molecule has 0 saturated heterocycles. The van der Waals surface area contributed by atoms with Gasteiger partial charge in [-0.15, -0.1) is 0 Å². The van der Waals surface area contributed by atoms with E-state index in [1.807, 2.05) is 0 Å². The Morgan fingerprint density at radius 2 is 1.38 bits per heavy atom. The zero-order chi connectivity index (χ0) is 18.4. The smallest absolute Gasteiger partial charge is 0.0686 e. The summed E-state index contributed by atoms with van der Waals surface area (Å²) in [6.07, 6.45) is 22.8. The molecule has 0 spiro atoms. The first-order valence-corrected chi connectivity index (χ1v) is 12.0. The second kappa shape index (κ2) is 9.61. The van der Waals surface area contributed by atoms with E-state index in [-0.39, 0.29) is 5.41 Å². The summed E-state index contributed by atoms with van der Waals surface area (Å²) in [4.78, 5) is 0. The molecule has 0 bridgehead atoms. The Balaban J connectivity index is 1.39. The summed E-state index contributed by atoms with van der Waals surface area (Å²) in [5.74, 6) is 4.93. The molecule has 3 fully saturated rings. The fourth-order valence-corrected chi connectivity index (χ4v) is 6.76. The van der Waals surface area contributed by atoms with Gasteiger partial charge in [-0.25, -0.2) is 0 Å². The molecule has 0 aliphatic heterocycles. The van der Waals surface area contributed by atoms with Gasteiger partial charge in [-0.2, -0.15) is 5.26 Å². The zero-order valence-corrected chi connectivity index (χ0v) is 17.6. The summed E-state index contributed by atoms with van der Waals surface area (Å²) >= 11 is 0. The van der Waals surface area contributed by atoms with Gasteiger partial charge in [0, 0.05) is 0 Å². The lowest BCUT2D eigenvalue weighted by atomic mass is 9.62. The minimum atomic E-state index is -0.0179. The fraction of sp³-hybridized carbons (Fsp3) is 0.960. The van der Waals surface area contributed by atoms with Crippen molar-refractivity contribution in [2.45, 2.75) is 117 Å². The van der Waals surface area contributed by atoms with Gasteiger partial charge in [0.15, 0.2) is 0 Å². The van der Waals surface area contributed by atoms with Crippen LogP contribution in [0.15, 0.2) is 0 Å². The van der Waals surface area contributed by atoms with E-state index >= 15 is 0 Å². The van der Waals surface area contributed by atoms with Crippen LogP contribution in [0.1, 0.15) is 117 Å². The maximum absolute atomic E-state index is 9.52. The molecule has 148 valence electrons. The van der Waals surface area contributed by atoms with Crippen LogP contribution < -0.4 is 0 Å². The number of hydrogen-bond acceptors (Lipinski definition) is 1. The third-order valence-electron chi connectivity index (χ3n) is 8.54. The van der Waals surface area contributed by atoms with Crippen molar-refractivity contribution in [3.05, 3.63) is 0 Å². The third-order valence-corrected chi connectivity index (χ3v) is 8.54. The molecule has 0 radical (unpaired) electrons. The molecule has 3 saturated carbocycles. The van der Waals surface area contributed by atoms with Crippen LogP contribution in [0.4, 0.5) is 0 Å². The normalized spacial score (nSPS) is 41.5. The lowest BCUT2D eigenvalue weighted by Crippen LogP contribution is -2.32. The molecule has 2 atom stereocenters. The topological polar surface area (TPSA) is 23.8 Å². The van der Waals surface area contributed by atoms with E-state index in [9.17, 15) is 5.26 Å². The van der Waals surface area contributed by atoms with Gasteiger partial charge >= 0.3 is 0 Å². The quantitative estimate of drug-likeness (QED) is 0.443. The van der Waals surface area contributed by atoms with Crippen molar-refractivity contribution in [2.24, 2.45) is 35.0 Å². The lowest BCUT2D eigenvalue weighted by Gasteiger charge is -2.42. The summed E-state index contributed by atoms with van der Waals surface area (Å²) in [6.45, 7) is 4.53. The Hall–Kier alpha value is -0.510. The Labute approximate surface area is 163 Å². The molecule has 0 aromatic heterocycles. The molecule has 1 heteroatoms. The standard InChI is InChI=1S/C25H43N/c1-3-4-5-7-20-9-11-21(12-10-20)22-13-15-23(16-14-22)24-8-6-17-25(2,18-24)19-26/h20-24H,3-18H2,1-2H3/t20-,21-,22?,23?,24-,25+/m0/s1. The van der Waals surface area contributed by atoms with Crippen molar-refractivity contribution >= 4 is 0 Å². The predicted molar refractivity (Wildman–Crippen MR) is 111 cm³/mol. The Morgan fingerprint density at radius 3 is 1.96 bits per heavy atom. The minimum absolute atomic E-state index is 0.0179. The molecule has 1 nitrogen and oxygen atoms in total. The summed E-state index contributed by atoms with van der Waals surface area (Å²) in [5, 5.41) is 9.52. The van der Waals surface area contributed by atoms with Gasteiger partial charge in [0.2, 0.25) is 0 Å². The first-order valence-electron chi connectivity index (χ1n) is 12.0. The van der Waals surface area contributed by atoms with E-state index in [0.717, 1.165) is 36.0 Å². The lowest BCUT2D eigenvalue weighted by molar-refractivity contribution is 0.0900. The summed E-state index contributed by atoms with van der Waals surface area (Å²) in [5.41, 5.74) is -0.0179. The number of nitriles is 1. The molecular weight excluding hydrogens is 314 g/mol. The molecule has 0 N–H and O–H groups in total. The second-order valence-corrected chi connectivity index (χ2v) is 10.5. The van der Waals surface area contributed by atoms with Crippen LogP contribution >= 0.6 is 0 Å². The van der Waals surface area contributed by atoms with Crippen molar-refractivity contribution < 1.29 is 0 Å². The number of rotatable bonds is 6. The second-order valence-electron chi connectivity index (χ2n) is 10.5. The SMILES string of the molecule is CCCCC[C@H]1CC[C@H](C2CCC([C@H]3CCC[C@@](C)(C#N)C3)CC2)CC1. The van der Waals surface area contributed by atoms with Crippen LogP contribution in [0, 0.1) is 46.3 Å². The molecule has 0 unspecified atom stereocenters. The van der Waals surface area contributed by atoms with Gasteiger partial charge in [0.1, 0.15) is 0 Å². The Kier molecular flexibility index (Phi) is 7.48. The maximum atomic E-state index is 9.52. The highest BCUT2D eigenvalue weighted by atomic mass is 14.4. The van der Waals surface area contributed by atoms with Crippen molar-refractivity contribution in [1.29, 1.82) is 5.26 Å². The predicted octanol–water partition coefficient (Wildman–Crippen LogP) is 7.90. The molecule has 0 aromatic carbocycles. The van der Waals surface area contributed by atoms with E-state index in [2.05, 4.69) is 19.9 Å². The summed E-state index contributed by atoms with van der Waals surface area (Å²) in [6, 6.07) is 2.63. The van der Waals surface area contributed by atoms with E-state index in [1.165, 1.54) is 96.3 Å². The van der Waals surface area contributed by atoms with E-state index in [0.29, 0.717) is 0 Å². The molecule has 3 aliphatic carbocycles. The van der Waals surface area contributed by atoms with Crippen molar-refractivity contribution in [3.8, 4) is 6.07 Å². The minimum Gasteiger partial charge on any atom is -0.198 e. The molecule has 0 heterocycles. The van der Waals surface area contributed by atoms with Gasteiger partial charge in [-0.3, -0.25) is 0 Å². The Morgan fingerprint density at radius 1 is 0.808 bits per heavy atom. The fourth-order valence-electron chi connectivity index (χ4n) is 6.76.